The third-order valence-corrected chi connectivity index (χ3v) is 6.08. The molecule has 7 heteroatoms. The van der Waals surface area contributed by atoms with Crippen LogP contribution in [0, 0.1) is 0 Å². The molecule has 0 aliphatic carbocycles. The van der Waals surface area contributed by atoms with Gasteiger partial charge in [-0.3, -0.25) is 4.79 Å². The Morgan fingerprint density at radius 1 is 0.963 bits per heavy atom. The number of nitrogens with zero attached hydrogens (tertiary/aromatic N) is 2. The molecule has 0 heterocycles. The molecular formula is C20H26N2O4S. The highest BCUT2D eigenvalue weighted by atomic mass is 32.2. The molecule has 0 bridgehead atoms. The normalized spacial score (nSPS) is 11.4. The monoisotopic (exact) mass is 390 g/mol. The van der Waals surface area contributed by atoms with Crippen molar-refractivity contribution in [1.29, 1.82) is 0 Å². The molecule has 2 aromatic rings. The zero-order valence-electron chi connectivity index (χ0n) is 16.0. The average molecular weight is 391 g/mol. The first kappa shape index (κ1) is 20.9. The molecule has 0 spiro atoms. The second-order valence-electron chi connectivity index (χ2n) is 6.07. The molecule has 0 radical (unpaired) electrons. The molecule has 0 fully saturated rings. The van der Waals surface area contributed by atoms with Crippen LogP contribution in [0.25, 0.3) is 0 Å². The van der Waals surface area contributed by atoms with Crippen LogP contribution < -0.4 is 4.74 Å². The summed E-state index contributed by atoms with van der Waals surface area (Å²) in [4.78, 5) is 13.8. The Balaban J connectivity index is 2.01. The van der Waals surface area contributed by atoms with E-state index in [1.165, 1.54) is 16.4 Å². The number of benzene rings is 2. The van der Waals surface area contributed by atoms with Gasteiger partial charge in [-0.05, 0) is 43.7 Å². The summed E-state index contributed by atoms with van der Waals surface area (Å²) < 4.78 is 32.2. The molecule has 6 nitrogen and oxygen atoms in total. The molecule has 0 aromatic heterocycles. The van der Waals surface area contributed by atoms with Crippen LogP contribution in [0.4, 0.5) is 0 Å². The Labute approximate surface area is 161 Å². The van der Waals surface area contributed by atoms with E-state index in [1.807, 2.05) is 44.2 Å². The van der Waals surface area contributed by atoms with Gasteiger partial charge < -0.3 is 9.64 Å². The van der Waals surface area contributed by atoms with Gasteiger partial charge in [0, 0.05) is 26.7 Å². The van der Waals surface area contributed by atoms with E-state index in [1.54, 1.807) is 24.1 Å². The minimum absolute atomic E-state index is 0.0678. The van der Waals surface area contributed by atoms with Crippen LogP contribution in [0.2, 0.25) is 0 Å². The zero-order valence-corrected chi connectivity index (χ0v) is 16.8. The lowest BCUT2D eigenvalue weighted by Gasteiger charge is -2.19. The van der Waals surface area contributed by atoms with E-state index in [-0.39, 0.29) is 17.4 Å². The topological polar surface area (TPSA) is 66.9 Å². The second kappa shape index (κ2) is 9.53. The van der Waals surface area contributed by atoms with Crippen molar-refractivity contribution in [3.8, 4) is 5.75 Å². The van der Waals surface area contributed by atoms with Gasteiger partial charge in [0.25, 0.3) is 5.91 Å². The van der Waals surface area contributed by atoms with Crippen LogP contribution >= 0.6 is 0 Å². The van der Waals surface area contributed by atoms with E-state index in [9.17, 15) is 13.2 Å². The number of rotatable bonds is 9. The Bertz CT molecular complexity index is 832. The lowest BCUT2D eigenvalue weighted by atomic mass is 10.2. The summed E-state index contributed by atoms with van der Waals surface area (Å²) in [6.07, 6.45) is 0. The first-order chi connectivity index (χ1) is 12.9. The van der Waals surface area contributed by atoms with E-state index < -0.39 is 10.0 Å². The predicted octanol–water partition coefficient (Wildman–Crippen LogP) is 2.75. The number of hydrogen-bond acceptors (Lipinski definition) is 4. The summed E-state index contributed by atoms with van der Waals surface area (Å²) in [5.74, 6) is 0.361. The molecular weight excluding hydrogens is 364 g/mol. The summed E-state index contributed by atoms with van der Waals surface area (Å²) >= 11 is 0. The van der Waals surface area contributed by atoms with Crippen molar-refractivity contribution in [3.05, 3.63) is 60.2 Å². The van der Waals surface area contributed by atoms with Crippen molar-refractivity contribution in [2.45, 2.75) is 25.3 Å². The first-order valence-electron chi connectivity index (χ1n) is 8.89. The van der Waals surface area contributed by atoms with Gasteiger partial charge >= 0.3 is 0 Å². The molecule has 146 valence electrons. The van der Waals surface area contributed by atoms with Gasteiger partial charge in [-0.2, -0.15) is 4.31 Å². The number of amides is 1. The van der Waals surface area contributed by atoms with E-state index >= 15 is 0 Å². The van der Waals surface area contributed by atoms with E-state index in [0.717, 1.165) is 5.56 Å². The van der Waals surface area contributed by atoms with Crippen molar-refractivity contribution >= 4 is 15.9 Å². The van der Waals surface area contributed by atoms with Crippen LogP contribution in [-0.4, -0.2) is 50.3 Å². The fraction of sp³-hybridized carbons (Fsp3) is 0.350. The van der Waals surface area contributed by atoms with Crippen molar-refractivity contribution in [1.82, 2.24) is 9.21 Å². The number of hydrogen-bond donors (Lipinski definition) is 0. The SMILES string of the molecule is CCN(CC)C(=O)COc1ccc(S(=O)(=O)N(C)Cc2ccccc2)cc1. The molecule has 0 unspecified atom stereocenters. The van der Waals surface area contributed by atoms with Gasteiger partial charge in [0.05, 0.1) is 4.90 Å². The summed E-state index contributed by atoms with van der Waals surface area (Å²) in [6.45, 7) is 5.30. The molecule has 0 aliphatic rings. The minimum atomic E-state index is -3.60. The minimum Gasteiger partial charge on any atom is -0.484 e. The van der Waals surface area contributed by atoms with Crippen molar-refractivity contribution in [2.75, 3.05) is 26.7 Å². The summed E-state index contributed by atoms with van der Waals surface area (Å²) in [6, 6.07) is 15.5. The van der Waals surface area contributed by atoms with Crippen LogP contribution in [0.5, 0.6) is 5.75 Å². The molecule has 1 amide bonds. The van der Waals surface area contributed by atoms with Gasteiger partial charge in [-0.1, -0.05) is 30.3 Å². The maximum atomic E-state index is 12.7. The fourth-order valence-corrected chi connectivity index (χ4v) is 3.78. The van der Waals surface area contributed by atoms with E-state index in [2.05, 4.69) is 0 Å². The van der Waals surface area contributed by atoms with Crippen LogP contribution in [0.3, 0.4) is 0 Å². The third kappa shape index (κ3) is 5.55. The molecule has 0 N–H and O–H groups in total. The van der Waals surface area contributed by atoms with Crippen molar-refractivity contribution in [2.24, 2.45) is 0 Å². The number of carbonyl (C=O) groups excluding carboxylic acids is 1. The summed E-state index contributed by atoms with van der Waals surface area (Å²) in [5, 5.41) is 0. The predicted molar refractivity (Wildman–Crippen MR) is 105 cm³/mol. The summed E-state index contributed by atoms with van der Waals surface area (Å²) in [5.41, 5.74) is 0.915. The quantitative estimate of drug-likeness (QED) is 0.660. The smallest absolute Gasteiger partial charge is 0.260 e. The number of sulfonamides is 1. The van der Waals surface area contributed by atoms with Gasteiger partial charge in [-0.15, -0.1) is 0 Å². The largest absolute Gasteiger partial charge is 0.484 e. The Morgan fingerprint density at radius 3 is 2.11 bits per heavy atom. The third-order valence-electron chi connectivity index (χ3n) is 4.26. The van der Waals surface area contributed by atoms with Crippen LogP contribution in [0.15, 0.2) is 59.5 Å². The first-order valence-corrected chi connectivity index (χ1v) is 10.3. The van der Waals surface area contributed by atoms with Crippen molar-refractivity contribution in [3.63, 3.8) is 0 Å². The molecule has 0 atom stereocenters. The molecule has 0 saturated carbocycles. The number of ether oxygens (including phenoxy) is 1. The molecule has 2 aromatic carbocycles. The lowest BCUT2D eigenvalue weighted by Crippen LogP contribution is -2.34. The average Bonchev–Trinajstić information content (AvgIpc) is 2.68. The van der Waals surface area contributed by atoms with Crippen LogP contribution in [-0.2, 0) is 21.4 Å². The molecule has 0 aliphatic heterocycles. The fourth-order valence-electron chi connectivity index (χ4n) is 2.63. The van der Waals surface area contributed by atoms with Gasteiger partial charge in [0.1, 0.15) is 5.75 Å². The maximum Gasteiger partial charge on any atom is 0.260 e. The highest BCUT2D eigenvalue weighted by Crippen LogP contribution is 2.20. The van der Waals surface area contributed by atoms with Gasteiger partial charge in [0.2, 0.25) is 10.0 Å². The lowest BCUT2D eigenvalue weighted by molar-refractivity contribution is -0.132. The van der Waals surface area contributed by atoms with Gasteiger partial charge in [0.15, 0.2) is 6.61 Å². The standard InChI is InChI=1S/C20H26N2O4S/c1-4-22(5-2)20(23)16-26-18-11-13-19(14-12-18)27(24,25)21(3)15-17-9-7-6-8-10-17/h6-14H,4-5,15-16H2,1-3H3. The highest BCUT2D eigenvalue weighted by molar-refractivity contribution is 7.89. The Morgan fingerprint density at radius 2 is 1.56 bits per heavy atom. The summed E-state index contributed by atoms with van der Waals surface area (Å²) in [7, 11) is -2.05. The zero-order chi connectivity index (χ0) is 19.9. The highest BCUT2D eigenvalue weighted by Gasteiger charge is 2.21. The number of likely N-dealkylation sites (N-methyl/N-ethyl adjacent to an activating group) is 1. The Hall–Kier alpha value is -2.38. The Kier molecular flexibility index (Phi) is 7.38. The molecule has 27 heavy (non-hydrogen) atoms. The number of carbonyl (C=O) groups is 1. The van der Waals surface area contributed by atoms with Crippen molar-refractivity contribution < 1.29 is 17.9 Å². The molecule has 2 rings (SSSR count). The van der Waals surface area contributed by atoms with E-state index in [4.69, 9.17) is 4.74 Å². The van der Waals surface area contributed by atoms with E-state index in [0.29, 0.717) is 25.4 Å². The van der Waals surface area contributed by atoms with Gasteiger partial charge in [-0.25, -0.2) is 8.42 Å². The maximum absolute atomic E-state index is 12.7. The second-order valence-corrected chi connectivity index (χ2v) is 8.12. The van der Waals surface area contributed by atoms with Crippen LogP contribution in [0.1, 0.15) is 19.4 Å². The molecule has 0 saturated heterocycles.